The number of likely N-dealkylation sites (tertiary alicyclic amines) is 1. The number of hydrogen-bond acceptors (Lipinski definition) is 5. The van der Waals surface area contributed by atoms with Gasteiger partial charge in [-0.15, -0.1) is 0 Å². The lowest BCUT2D eigenvalue weighted by molar-refractivity contribution is -0.137. The average Bonchev–Trinajstić information content (AvgIpc) is 2.50. The lowest BCUT2D eigenvalue weighted by Gasteiger charge is -2.32. The predicted octanol–water partition coefficient (Wildman–Crippen LogP) is 2.29. The molecule has 0 aromatic carbocycles. The van der Waals surface area contributed by atoms with Gasteiger partial charge in [0.2, 0.25) is 5.91 Å². The highest BCUT2D eigenvalue weighted by Gasteiger charge is 2.24. The van der Waals surface area contributed by atoms with Crippen LogP contribution in [0.2, 0.25) is 0 Å². The molecule has 126 valence electrons. The molecule has 1 saturated heterocycles. The Hall–Kier alpha value is -1.63. The monoisotopic (exact) mass is 337 g/mol. The normalized spacial score (nSPS) is 18.0. The van der Waals surface area contributed by atoms with E-state index in [2.05, 4.69) is 9.97 Å². The minimum atomic E-state index is -0.768. The molecule has 0 saturated carbocycles. The molecule has 7 heteroatoms. The Bertz CT molecular complexity index is 559. The van der Waals surface area contributed by atoms with Gasteiger partial charge in [-0.05, 0) is 45.1 Å². The number of piperidine rings is 1. The van der Waals surface area contributed by atoms with Crippen molar-refractivity contribution in [1.29, 1.82) is 0 Å². The van der Waals surface area contributed by atoms with Crippen LogP contribution in [0, 0.1) is 19.8 Å². The second-order valence-corrected chi connectivity index (χ2v) is 6.94. The minimum Gasteiger partial charge on any atom is -0.481 e. The summed E-state index contributed by atoms with van der Waals surface area (Å²) in [5.41, 5.74) is 1.80. The standard InChI is InChI=1S/C16H23N3O3S/c1-11-8-12(2)18-16(17-11)23-10-14(20)19-7-3-4-13(9-19)5-6-15(21)22/h8,13H,3-7,9-10H2,1-2H3,(H,21,22). The van der Waals surface area contributed by atoms with E-state index in [1.807, 2.05) is 24.8 Å². The zero-order chi connectivity index (χ0) is 16.8. The lowest BCUT2D eigenvalue weighted by Crippen LogP contribution is -2.41. The van der Waals surface area contributed by atoms with E-state index >= 15 is 0 Å². The van der Waals surface area contributed by atoms with Crippen LogP contribution in [-0.4, -0.2) is 50.7 Å². The van der Waals surface area contributed by atoms with E-state index < -0.39 is 5.97 Å². The maximum Gasteiger partial charge on any atom is 0.303 e. The zero-order valence-corrected chi connectivity index (χ0v) is 14.4. The Balaban J connectivity index is 1.83. The number of amides is 1. The molecule has 6 nitrogen and oxygen atoms in total. The highest BCUT2D eigenvalue weighted by atomic mass is 32.2. The number of carbonyl (C=O) groups is 2. The third kappa shape index (κ3) is 5.82. The first-order chi connectivity index (χ1) is 10.9. The molecular weight excluding hydrogens is 314 g/mol. The number of carbonyl (C=O) groups excluding carboxylic acids is 1. The summed E-state index contributed by atoms with van der Waals surface area (Å²) in [4.78, 5) is 33.5. The Morgan fingerprint density at radius 2 is 2.04 bits per heavy atom. The van der Waals surface area contributed by atoms with Gasteiger partial charge in [-0.25, -0.2) is 9.97 Å². The maximum atomic E-state index is 12.4. The fourth-order valence-electron chi connectivity index (χ4n) is 2.83. The molecule has 0 radical (unpaired) electrons. The number of aliphatic carboxylic acids is 1. The smallest absolute Gasteiger partial charge is 0.303 e. The molecular formula is C16H23N3O3S. The Labute approximate surface area is 140 Å². The highest BCUT2D eigenvalue weighted by molar-refractivity contribution is 7.99. The maximum absolute atomic E-state index is 12.4. The summed E-state index contributed by atoms with van der Waals surface area (Å²) in [5, 5.41) is 9.41. The SMILES string of the molecule is Cc1cc(C)nc(SCC(=O)N2CCCC(CCC(=O)O)C2)n1. The van der Waals surface area contributed by atoms with Crippen LogP contribution in [0.15, 0.2) is 11.2 Å². The van der Waals surface area contributed by atoms with Crippen LogP contribution in [0.3, 0.4) is 0 Å². The minimum absolute atomic E-state index is 0.0813. The van der Waals surface area contributed by atoms with E-state index in [-0.39, 0.29) is 12.3 Å². The molecule has 1 amide bonds. The number of carboxylic acid groups (broad SMARTS) is 1. The van der Waals surface area contributed by atoms with E-state index in [1.54, 1.807) is 0 Å². The molecule has 0 aliphatic carbocycles. The van der Waals surface area contributed by atoms with Crippen LogP contribution in [0.1, 0.15) is 37.1 Å². The van der Waals surface area contributed by atoms with Crippen LogP contribution in [0.5, 0.6) is 0 Å². The second kappa shape index (κ2) is 8.29. The first-order valence-electron chi connectivity index (χ1n) is 7.88. The third-order valence-electron chi connectivity index (χ3n) is 3.92. The van der Waals surface area contributed by atoms with Crippen molar-refractivity contribution < 1.29 is 14.7 Å². The van der Waals surface area contributed by atoms with Crippen molar-refractivity contribution in [2.24, 2.45) is 5.92 Å². The number of hydrogen-bond donors (Lipinski definition) is 1. The van der Waals surface area contributed by atoms with Crippen molar-refractivity contribution in [3.8, 4) is 0 Å². The first kappa shape index (κ1) is 17.7. The molecule has 1 N–H and O–H groups in total. The van der Waals surface area contributed by atoms with Gasteiger partial charge in [-0.2, -0.15) is 0 Å². The van der Waals surface area contributed by atoms with Gasteiger partial charge in [0.25, 0.3) is 0 Å². The molecule has 1 fully saturated rings. The lowest BCUT2D eigenvalue weighted by atomic mass is 9.93. The van der Waals surface area contributed by atoms with E-state index in [9.17, 15) is 9.59 Å². The molecule has 1 aliphatic heterocycles. The number of nitrogens with zero attached hydrogens (tertiary/aromatic N) is 3. The summed E-state index contributed by atoms with van der Waals surface area (Å²) in [5.74, 6) is -0.0609. The zero-order valence-electron chi connectivity index (χ0n) is 13.6. The van der Waals surface area contributed by atoms with Gasteiger partial charge in [0.05, 0.1) is 5.75 Å². The highest BCUT2D eigenvalue weighted by Crippen LogP contribution is 2.22. The average molecular weight is 337 g/mol. The van der Waals surface area contributed by atoms with Crippen LogP contribution < -0.4 is 0 Å². The van der Waals surface area contributed by atoms with Crippen LogP contribution >= 0.6 is 11.8 Å². The van der Waals surface area contributed by atoms with Gasteiger partial charge in [-0.3, -0.25) is 9.59 Å². The van der Waals surface area contributed by atoms with Crippen molar-refractivity contribution >= 4 is 23.6 Å². The molecule has 0 spiro atoms. The Morgan fingerprint density at radius 3 is 2.70 bits per heavy atom. The number of carboxylic acids is 1. The van der Waals surface area contributed by atoms with Crippen molar-refractivity contribution in [3.05, 3.63) is 17.5 Å². The van der Waals surface area contributed by atoms with E-state index in [0.717, 1.165) is 30.8 Å². The molecule has 1 atom stereocenters. The number of aryl methyl sites for hydroxylation is 2. The van der Waals surface area contributed by atoms with Crippen LogP contribution in [0.4, 0.5) is 0 Å². The van der Waals surface area contributed by atoms with Crippen LogP contribution in [0.25, 0.3) is 0 Å². The summed E-state index contributed by atoms with van der Waals surface area (Å²) in [6.45, 7) is 5.26. The van der Waals surface area contributed by atoms with Crippen molar-refractivity contribution in [2.75, 3.05) is 18.8 Å². The van der Waals surface area contributed by atoms with E-state index in [1.165, 1.54) is 11.8 Å². The third-order valence-corrected chi connectivity index (χ3v) is 4.76. The van der Waals surface area contributed by atoms with Gasteiger partial charge in [0.15, 0.2) is 5.16 Å². The topological polar surface area (TPSA) is 83.4 Å². The Kier molecular flexibility index (Phi) is 6.38. The van der Waals surface area contributed by atoms with Gasteiger partial charge < -0.3 is 10.0 Å². The molecule has 1 aromatic rings. The van der Waals surface area contributed by atoms with Crippen LogP contribution in [-0.2, 0) is 9.59 Å². The predicted molar refractivity (Wildman–Crippen MR) is 88.4 cm³/mol. The number of rotatable bonds is 6. The quantitative estimate of drug-likeness (QED) is 0.633. The van der Waals surface area contributed by atoms with Crippen molar-refractivity contribution in [1.82, 2.24) is 14.9 Å². The molecule has 23 heavy (non-hydrogen) atoms. The summed E-state index contributed by atoms with van der Waals surface area (Å²) in [7, 11) is 0. The molecule has 1 aromatic heterocycles. The van der Waals surface area contributed by atoms with Gasteiger partial charge in [0.1, 0.15) is 0 Å². The first-order valence-corrected chi connectivity index (χ1v) is 8.87. The second-order valence-electron chi connectivity index (χ2n) is 6.00. The molecule has 1 aliphatic rings. The largest absolute Gasteiger partial charge is 0.481 e. The molecule has 2 rings (SSSR count). The summed E-state index contributed by atoms with van der Waals surface area (Å²) < 4.78 is 0. The summed E-state index contributed by atoms with van der Waals surface area (Å²) in [6.07, 6.45) is 2.77. The Morgan fingerprint density at radius 1 is 1.35 bits per heavy atom. The molecule has 1 unspecified atom stereocenters. The van der Waals surface area contributed by atoms with Gasteiger partial charge in [0, 0.05) is 30.9 Å². The van der Waals surface area contributed by atoms with E-state index in [4.69, 9.17) is 5.11 Å². The van der Waals surface area contributed by atoms with Crippen molar-refractivity contribution in [3.63, 3.8) is 0 Å². The molecule has 2 heterocycles. The van der Waals surface area contributed by atoms with Gasteiger partial charge >= 0.3 is 5.97 Å². The molecule has 0 bridgehead atoms. The van der Waals surface area contributed by atoms with Crippen molar-refractivity contribution in [2.45, 2.75) is 44.7 Å². The summed E-state index contributed by atoms with van der Waals surface area (Å²) >= 11 is 1.36. The fraction of sp³-hybridized carbons (Fsp3) is 0.625. The number of aromatic nitrogens is 2. The van der Waals surface area contributed by atoms with Gasteiger partial charge in [-0.1, -0.05) is 11.8 Å². The van der Waals surface area contributed by atoms with E-state index in [0.29, 0.717) is 29.8 Å². The summed E-state index contributed by atoms with van der Waals surface area (Å²) in [6, 6.07) is 1.91. The number of thioether (sulfide) groups is 1. The fourth-order valence-corrected chi connectivity index (χ4v) is 3.68.